The average Bonchev–Trinajstić information content (AvgIpc) is 3.65. The summed E-state index contributed by atoms with van der Waals surface area (Å²) in [6.45, 7) is 13.2. The second-order valence-corrected chi connectivity index (χ2v) is 15.2. The zero-order valence-electron chi connectivity index (χ0n) is 25.5. The molecule has 1 radical (unpaired) electrons. The minimum absolute atomic E-state index is 0.0417. The molecule has 0 saturated carbocycles. The summed E-state index contributed by atoms with van der Waals surface area (Å²) in [5.74, 6) is 1.22. The Balaban J connectivity index is 1.45. The van der Waals surface area contributed by atoms with Crippen molar-refractivity contribution in [2.75, 3.05) is 20.7 Å². The van der Waals surface area contributed by atoms with E-state index in [2.05, 4.69) is 44.2 Å². The lowest BCUT2D eigenvalue weighted by Crippen LogP contribution is -2.50. The van der Waals surface area contributed by atoms with E-state index < -0.39 is 9.04 Å². The van der Waals surface area contributed by atoms with Gasteiger partial charge in [0.25, 0.3) is 5.91 Å². The van der Waals surface area contributed by atoms with Gasteiger partial charge in [-0.15, -0.1) is 11.3 Å². The number of methoxy groups -OCH3 is 1. The van der Waals surface area contributed by atoms with Crippen LogP contribution in [-0.2, 0) is 9.16 Å². The highest BCUT2D eigenvalue weighted by atomic mass is 32.1. The van der Waals surface area contributed by atoms with E-state index in [-0.39, 0.29) is 35.6 Å². The van der Waals surface area contributed by atoms with Crippen LogP contribution in [0.25, 0.3) is 21.1 Å². The van der Waals surface area contributed by atoms with E-state index in [1.165, 1.54) is 11.3 Å². The lowest BCUT2D eigenvalue weighted by molar-refractivity contribution is 0.0137. The van der Waals surface area contributed by atoms with Crippen molar-refractivity contribution >= 4 is 53.4 Å². The van der Waals surface area contributed by atoms with Crippen LogP contribution < -0.4 is 10.1 Å². The molecule has 0 spiro atoms. The Morgan fingerprint density at radius 3 is 2.60 bits per heavy atom. The van der Waals surface area contributed by atoms with E-state index in [0.29, 0.717) is 28.4 Å². The van der Waals surface area contributed by atoms with Gasteiger partial charge >= 0.3 is 6.03 Å². The van der Waals surface area contributed by atoms with E-state index in [9.17, 15) is 9.59 Å². The van der Waals surface area contributed by atoms with Crippen molar-refractivity contribution in [3.05, 3.63) is 53.2 Å². The fourth-order valence-corrected chi connectivity index (χ4v) is 7.79. The number of carbonyl (C=O) groups excluding carboxylic acids is 2. The van der Waals surface area contributed by atoms with Gasteiger partial charge in [-0.05, 0) is 62.2 Å². The summed E-state index contributed by atoms with van der Waals surface area (Å²) in [4.78, 5) is 33.5. The summed E-state index contributed by atoms with van der Waals surface area (Å²) in [5, 5.41) is 3.58. The van der Waals surface area contributed by atoms with Crippen LogP contribution in [0.15, 0.2) is 42.6 Å². The number of nitrogens with one attached hydrogen (secondary N) is 1. The first-order valence-corrected chi connectivity index (χ1v) is 17.3. The van der Waals surface area contributed by atoms with Crippen molar-refractivity contribution in [1.29, 1.82) is 0 Å². The number of rotatable bonds is 7. The van der Waals surface area contributed by atoms with Gasteiger partial charge in [-0.1, -0.05) is 20.8 Å². The highest BCUT2D eigenvalue weighted by Crippen LogP contribution is 2.39. The Morgan fingerprint density at radius 1 is 1.17 bits per heavy atom. The van der Waals surface area contributed by atoms with Gasteiger partial charge in [-0.3, -0.25) is 14.3 Å². The lowest BCUT2D eigenvalue weighted by Gasteiger charge is -2.40. The quantitative estimate of drug-likeness (QED) is 0.243. The molecule has 4 aromatic rings. The topological polar surface area (TPSA) is 94.9 Å². The Labute approximate surface area is 252 Å². The average molecular weight is 608 g/mol. The molecule has 9 nitrogen and oxygen atoms in total. The smallest absolute Gasteiger partial charge is 0.325 e. The number of amides is 2. The molecule has 11 heteroatoms. The number of nitrogens with zero attached hydrogens (tertiary/aromatic N) is 3. The van der Waals surface area contributed by atoms with Gasteiger partial charge in [-0.25, -0.2) is 4.79 Å². The normalized spacial score (nSPS) is 18.3. The Morgan fingerprint density at radius 2 is 1.93 bits per heavy atom. The Bertz CT molecular complexity index is 1620. The van der Waals surface area contributed by atoms with Crippen LogP contribution in [0.3, 0.4) is 0 Å². The van der Waals surface area contributed by atoms with Gasteiger partial charge in [0, 0.05) is 44.0 Å². The summed E-state index contributed by atoms with van der Waals surface area (Å²) in [6.07, 6.45) is 2.28. The molecule has 1 fully saturated rings. The second-order valence-electron chi connectivity index (χ2n) is 12.1. The molecular weight excluding hydrogens is 569 g/mol. The molecule has 5 rings (SSSR count). The van der Waals surface area contributed by atoms with Crippen molar-refractivity contribution in [3.8, 4) is 11.5 Å². The SMILES string of the molecule is CNC(=O)n1c(C)cc2cc(Oc3ccnc4cc(C(=O)N5CC(OC)CC5C(O[Si](C)C)C(C)(C)C)sc34)ccc21. The van der Waals surface area contributed by atoms with Gasteiger partial charge in [0.2, 0.25) is 9.04 Å². The van der Waals surface area contributed by atoms with Crippen molar-refractivity contribution in [1.82, 2.24) is 19.8 Å². The highest BCUT2D eigenvalue weighted by molar-refractivity contribution is 7.21. The van der Waals surface area contributed by atoms with Gasteiger partial charge in [-0.2, -0.15) is 0 Å². The van der Waals surface area contributed by atoms with Crippen LogP contribution in [0.5, 0.6) is 11.5 Å². The number of hydrogen-bond acceptors (Lipinski definition) is 7. The predicted octanol–water partition coefficient (Wildman–Crippen LogP) is 6.45. The third-order valence-electron chi connectivity index (χ3n) is 7.65. The van der Waals surface area contributed by atoms with E-state index in [1.807, 2.05) is 48.2 Å². The van der Waals surface area contributed by atoms with Crippen LogP contribution in [0.1, 0.15) is 42.6 Å². The fraction of sp³-hybridized carbons (Fsp3) is 0.452. The number of carbonyl (C=O) groups is 2. The maximum atomic E-state index is 14.1. The molecule has 42 heavy (non-hydrogen) atoms. The maximum absolute atomic E-state index is 14.1. The van der Waals surface area contributed by atoms with Crippen molar-refractivity contribution in [2.24, 2.45) is 5.41 Å². The molecule has 1 aromatic carbocycles. The minimum Gasteiger partial charge on any atom is -0.456 e. The molecule has 223 valence electrons. The molecule has 3 aromatic heterocycles. The number of hydrogen-bond donors (Lipinski definition) is 1. The Kier molecular flexibility index (Phi) is 8.48. The number of ether oxygens (including phenoxy) is 2. The third-order valence-corrected chi connectivity index (χ3v) is 9.51. The number of fused-ring (bicyclic) bond motifs is 2. The van der Waals surface area contributed by atoms with Crippen molar-refractivity contribution in [2.45, 2.75) is 65.5 Å². The van der Waals surface area contributed by atoms with E-state index in [4.69, 9.17) is 13.9 Å². The number of aryl methyl sites for hydroxylation is 1. The van der Waals surface area contributed by atoms with E-state index in [0.717, 1.165) is 27.7 Å². The van der Waals surface area contributed by atoms with Crippen LogP contribution in [0.4, 0.5) is 4.79 Å². The van der Waals surface area contributed by atoms with Gasteiger partial charge in [0.1, 0.15) is 11.5 Å². The van der Waals surface area contributed by atoms with E-state index >= 15 is 0 Å². The van der Waals surface area contributed by atoms with Gasteiger partial charge in [0.05, 0.1) is 38.9 Å². The zero-order valence-corrected chi connectivity index (χ0v) is 27.3. The number of pyridine rings is 1. The lowest BCUT2D eigenvalue weighted by atomic mass is 9.83. The molecule has 0 aliphatic carbocycles. The first-order chi connectivity index (χ1) is 19.9. The maximum Gasteiger partial charge on any atom is 0.325 e. The van der Waals surface area contributed by atoms with Gasteiger partial charge < -0.3 is 24.1 Å². The standard InChI is InChI=1S/C31H39N4O5SSi/c1-18-13-19-14-20(9-10-23(19)35(18)30(37)32-5)39-25-11-12-33-22-16-26(41-27(22)25)29(36)34-17-21(38-6)15-24(34)28(31(2,3)4)40-42(7)8/h9-14,16,21,24,28H,15,17H2,1-8H3,(H,32,37). The summed E-state index contributed by atoms with van der Waals surface area (Å²) < 4.78 is 21.0. The fourth-order valence-electron chi connectivity index (χ4n) is 5.75. The Hall–Kier alpha value is -3.25. The molecule has 1 aliphatic rings. The molecule has 3 atom stereocenters. The monoisotopic (exact) mass is 607 g/mol. The number of likely N-dealkylation sites (tertiary alicyclic amines) is 1. The van der Waals surface area contributed by atoms with Gasteiger partial charge in [0.15, 0.2) is 0 Å². The molecular formula is C31H39N4O5SSi. The first-order valence-electron chi connectivity index (χ1n) is 14.1. The second kappa shape index (κ2) is 11.8. The summed E-state index contributed by atoms with van der Waals surface area (Å²) in [5.41, 5.74) is 2.20. The molecule has 1 N–H and O–H groups in total. The summed E-state index contributed by atoms with van der Waals surface area (Å²) in [6, 6.07) is 11.0. The van der Waals surface area contributed by atoms with Crippen LogP contribution in [-0.4, -0.2) is 74.4 Å². The van der Waals surface area contributed by atoms with Crippen LogP contribution in [0, 0.1) is 12.3 Å². The molecule has 2 amide bonds. The molecule has 0 bridgehead atoms. The molecule has 4 heterocycles. The van der Waals surface area contributed by atoms with Crippen molar-refractivity contribution < 1.29 is 23.5 Å². The summed E-state index contributed by atoms with van der Waals surface area (Å²) >= 11 is 1.39. The summed E-state index contributed by atoms with van der Waals surface area (Å²) in [7, 11) is 2.33. The zero-order chi connectivity index (χ0) is 30.3. The number of aromatic nitrogens is 2. The molecule has 1 saturated heterocycles. The molecule has 3 unspecified atom stereocenters. The largest absolute Gasteiger partial charge is 0.456 e. The predicted molar refractivity (Wildman–Crippen MR) is 168 cm³/mol. The van der Waals surface area contributed by atoms with E-state index in [1.54, 1.807) is 24.9 Å². The van der Waals surface area contributed by atoms with Crippen molar-refractivity contribution in [3.63, 3.8) is 0 Å². The number of thiophene rings is 1. The molecule has 1 aliphatic heterocycles. The first kappa shape index (κ1) is 30.2. The third kappa shape index (κ3) is 5.83. The highest BCUT2D eigenvalue weighted by Gasteiger charge is 2.45. The minimum atomic E-state index is -0.988. The number of benzene rings is 1. The van der Waals surface area contributed by atoms with Crippen LogP contribution in [0.2, 0.25) is 13.1 Å². The van der Waals surface area contributed by atoms with Crippen LogP contribution >= 0.6 is 11.3 Å².